The summed E-state index contributed by atoms with van der Waals surface area (Å²) in [7, 11) is 0. The first-order valence-corrected chi connectivity index (χ1v) is 6.46. The highest BCUT2D eigenvalue weighted by molar-refractivity contribution is 5.73. The molecular formula is C12H19N5O2. The summed E-state index contributed by atoms with van der Waals surface area (Å²) in [6.07, 6.45) is 4.50. The Kier molecular flexibility index (Phi) is 4.03. The number of rotatable bonds is 6. The van der Waals surface area contributed by atoms with Gasteiger partial charge in [0.1, 0.15) is 0 Å². The molecule has 2 heterocycles. The molecule has 2 amide bonds. The van der Waals surface area contributed by atoms with E-state index in [4.69, 9.17) is 5.73 Å². The van der Waals surface area contributed by atoms with E-state index in [1.54, 1.807) is 6.20 Å². The van der Waals surface area contributed by atoms with Crippen molar-refractivity contribution in [3.8, 4) is 0 Å². The lowest BCUT2D eigenvalue weighted by molar-refractivity contribution is -0.118. The van der Waals surface area contributed by atoms with E-state index in [2.05, 4.69) is 22.5 Å². The lowest BCUT2D eigenvalue weighted by atomic mass is 9.91. The second-order valence-electron chi connectivity index (χ2n) is 4.79. The zero-order valence-corrected chi connectivity index (χ0v) is 10.9. The number of carbonyl (C=O) groups is 2. The van der Waals surface area contributed by atoms with Crippen molar-refractivity contribution in [1.29, 1.82) is 0 Å². The number of amides is 2. The Morgan fingerprint density at radius 3 is 3.16 bits per heavy atom. The van der Waals surface area contributed by atoms with Crippen molar-refractivity contribution in [3.63, 3.8) is 0 Å². The third-order valence-electron chi connectivity index (χ3n) is 3.50. The van der Waals surface area contributed by atoms with Crippen LogP contribution in [0.3, 0.4) is 0 Å². The Morgan fingerprint density at radius 1 is 1.74 bits per heavy atom. The maximum Gasteiger partial charge on any atom is 0.217 e. The normalized spacial score (nSPS) is 21.3. The lowest BCUT2D eigenvalue weighted by Gasteiger charge is -2.32. The molecule has 1 aliphatic heterocycles. The minimum atomic E-state index is -0.269. The van der Waals surface area contributed by atoms with E-state index < -0.39 is 0 Å². The molecule has 0 aliphatic carbocycles. The minimum absolute atomic E-state index is 0.269. The molecule has 0 spiro atoms. The Balaban J connectivity index is 2.10. The van der Waals surface area contributed by atoms with E-state index in [1.807, 2.05) is 4.57 Å². The van der Waals surface area contributed by atoms with E-state index in [1.165, 1.54) is 0 Å². The van der Waals surface area contributed by atoms with Crippen LogP contribution in [0, 0.1) is 5.92 Å². The highest BCUT2D eigenvalue weighted by Crippen LogP contribution is 2.28. The van der Waals surface area contributed by atoms with Crippen LogP contribution in [0.15, 0.2) is 6.20 Å². The van der Waals surface area contributed by atoms with Crippen molar-refractivity contribution in [3.05, 3.63) is 6.20 Å². The van der Waals surface area contributed by atoms with Crippen molar-refractivity contribution in [2.75, 3.05) is 10.6 Å². The summed E-state index contributed by atoms with van der Waals surface area (Å²) in [4.78, 5) is 25.6. The Bertz CT molecular complexity index is 471. The van der Waals surface area contributed by atoms with Gasteiger partial charge in [-0.3, -0.25) is 9.59 Å². The molecule has 2 rings (SSSR count). The molecule has 2 unspecified atom stereocenters. The molecule has 1 aromatic heterocycles. The van der Waals surface area contributed by atoms with Crippen molar-refractivity contribution in [2.45, 2.75) is 38.8 Å². The highest BCUT2D eigenvalue weighted by Gasteiger charge is 2.28. The Labute approximate surface area is 111 Å². The highest BCUT2D eigenvalue weighted by atomic mass is 16.1. The predicted octanol–water partition coefficient (Wildman–Crippen LogP) is 0.537. The molecule has 2 atom stereocenters. The predicted molar refractivity (Wildman–Crippen MR) is 71.5 cm³/mol. The number of fused-ring (bicyclic) bond motifs is 1. The zero-order valence-electron chi connectivity index (χ0n) is 10.9. The van der Waals surface area contributed by atoms with Gasteiger partial charge in [-0.15, -0.1) is 0 Å². The first-order valence-electron chi connectivity index (χ1n) is 6.46. The van der Waals surface area contributed by atoms with E-state index in [0.717, 1.165) is 25.3 Å². The smallest absolute Gasteiger partial charge is 0.217 e. The van der Waals surface area contributed by atoms with Crippen molar-refractivity contribution in [1.82, 2.24) is 9.55 Å². The van der Waals surface area contributed by atoms with Gasteiger partial charge in [0.15, 0.2) is 5.82 Å². The first kappa shape index (κ1) is 13.4. The summed E-state index contributed by atoms with van der Waals surface area (Å²) in [5.74, 6) is 1.35. The number of hydrogen-bond donors (Lipinski definition) is 3. The third kappa shape index (κ3) is 3.04. The molecule has 7 heteroatoms. The third-order valence-corrected chi connectivity index (χ3v) is 3.50. The van der Waals surface area contributed by atoms with Crippen molar-refractivity contribution in [2.24, 2.45) is 11.7 Å². The number of nitrogens with one attached hydrogen (secondary N) is 2. The van der Waals surface area contributed by atoms with E-state index in [-0.39, 0.29) is 11.9 Å². The van der Waals surface area contributed by atoms with E-state index in [0.29, 0.717) is 24.6 Å². The molecule has 0 radical (unpaired) electrons. The Morgan fingerprint density at radius 2 is 2.53 bits per heavy atom. The molecular weight excluding hydrogens is 246 g/mol. The van der Waals surface area contributed by atoms with Crippen LogP contribution in [-0.2, 0) is 16.1 Å². The van der Waals surface area contributed by atoms with Gasteiger partial charge in [-0.1, -0.05) is 6.92 Å². The molecule has 1 aromatic rings. The van der Waals surface area contributed by atoms with Crippen LogP contribution in [0.1, 0.15) is 26.2 Å². The van der Waals surface area contributed by atoms with E-state index in [9.17, 15) is 9.59 Å². The van der Waals surface area contributed by atoms with Gasteiger partial charge >= 0.3 is 0 Å². The second kappa shape index (κ2) is 5.73. The van der Waals surface area contributed by atoms with Crippen LogP contribution in [0.25, 0.3) is 0 Å². The van der Waals surface area contributed by atoms with Crippen LogP contribution >= 0.6 is 0 Å². The molecule has 19 heavy (non-hydrogen) atoms. The molecule has 0 fully saturated rings. The molecule has 104 valence electrons. The average molecular weight is 265 g/mol. The maximum atomic E-state index is 10.9. The molecule has 0 aromatic carbocycles. The number of carbonyl (C=O) groups excluding carboxylic acids is 2. The molecule has 4 N–H and O–H groups in total. The fraction of sp³-hybridized carbons (Fsp3) is 0.583. The number of anilines is 2. The monoisotopic (exact) mass is 265 g/mol. The molecule has 0 bridgehead atoms. The van der Waals surface area contributed by atoms with Gasteiger partial charge < -0.3 is 20.9 Å². The van der Waals surface area contributed by atoms with Crippen molar-refractivity contribution < 1.29 is 9.59 Å². The fourth-order valence-electron chi connectivity index (χ4n) is 2.52. The van der Waals surface area contributed by atoms with Gasteiger partial charge in [0, 0.05) is 25.2 Å². The van der Waals surface area contributed by atoms with Gasteiger partial charge in [-0.25, -0.2) is 0 Å². The van der Waals surface area contributed by atoms with Gasteiger partial charge in [0.05, 0.1) is 0 Å². The number of imidazole rings is 1. The number of hydrogen-bond acceptors (Lipinski definition) is 4. The quantitative estimate of drug-likeness (QED) is 0.653. The van der Waals surface area contributed by atoms with E-state index >= 15 is 0 Å². The van der Waals surface area contributed by atoms with Crippen LogP contribution in [0.4, 0.5) is 11.8 Å². The minimum Gasteiger partial charge on any atom is -0.370 e. The van der Waals surface area contributed by atoms with Gasteiger partial charge in [-0.05, 0) is 18.8 Å². The molecule has 0 saturated heterocycles. The molecule has 0 saturated carbocycles. The van der Waals surface area contributed by atoms with Gasteiger partial charge in [-0.2, -0.15) is 4.98 Å². The largest absolute Gasteiger partial charge is 0.370 e. The summed E-state index contributed by atoms with van der Waals surface area (Å²) in [5.41, 5.74) is 5.21. The summed E-state index contributed by atoms with van der Waals surface area (Å²) in [6.45, 7) is 2.87. The summed E-state index contributed by atoms with van der Waals surface area (Å²) < 4.78 is 1.96. The summed E-state index contributed by atoms with van der Waals surface area (Å²) in [6, 6.07) is 0.276. The van der Waals surface area contributed by atoms with Gasteiger partial charge in [0.25, 0.3) is 0 Å². The van der Waals surface area contributed by atoms with Gasteiger partial charge in [0.2, 0.25) is 18.3 Å². The topological polar surface area (TPSA) is 102 Å². The summed E-state index contributed by atoms with van der Waals surface area (Å²) in [5, 5.41) is 5.88. The Hall–Kier alpha value is -2.05. The number of primary amides is 1. The second-order valence-corrected chi connectivity index (χ2v) is 4.79. The number of aromatic nitrogens is 2. The maximum absolute atomic E-state index is 10.9. The molecule has 1 aliphatic rings. The number of nitrogens with zero attached hydrogens (tertiary/aromatic N) is 2. The van der Waals surface area contributed by atoms with Crippen molar-refractivity contribution >= 4 is 24.1 Å². The van der Waals surface area contributed by atoms with Crippen LogP contribution in [0.5, 0.6) is 0 Å². The average Bonchev–Trinajstić information content (AvgIpc) is 2.76. The van der Waals surface area contributed by atoms with Crippen LogP contribution in [0.2, 0.25) is 0 Å². The SMILES string of the molecule is CCC1Nc2nc(NC=O)cn2CC1CCC(N)=O. The lowest BCUT2D eigenvalue weighted by Crippen LogP contribution is -2.37. The van der Waals surface area contributed by atoms with Crippen LogP contribution in [-0.4, -0.2) is 27.9 Å². The van der Waals surface area contributed by atoms with Crippen LogP contribution < -0.4 is 16.4 Å². The summed E-state index contributed by atoms with van der Waals surface area (Å²) >= 11 is 0. The molecule has 7 nitrogen and oxygen atoms in total. The zero-order chi connectivity index (χ0) is 13.8. The fourth-order valence-corrected chi connectivity index (χ4v) is 2.52. The number of nitrogens with two attached hydrogens (primary N) is 1. The standard InChI is InChI=1S/C12H19N5O2/c1-2-9-8(3-4-10(13)19)5-17-6-11(14-7-18)16-12(17)15-9/h6-9H,2-5H2,1H3,(H2,13,19)(H,14,18)(H,15,16). The first-order chi connectivity index (χ1) is 9.13.